The van der Waals surface area contributed by atoms with Crippen molar-refractivity contribution in [1.29, 1.82) is 0 Å². The Kier molecular flexibility index (Phi) is 5.05. The summed E-state index contributed by atoms with van der Waals surface area (Å²) in [6.45, 7) is 5.00. The molecule has 0 aromatic carbocycles. The number of rotatable bonds is 4. The molecule has 0 atom stereocenters. The zero-order valence-electron chi connectivity index (χ0n) is 16.8. The first-order chi connectivity index (χ1) is 13.7. The Labute approximate surface area is 166 Å². The smallest absolute Gasteiger partial charge is 0.267 e. The molecule has 150 valence electrons. The molecule has 0 unspecified atom stereocenters. The van der Waals surface area contributed by atoms with E-state index in [0.717, 1.165) is 64.1 Å². The van der Waals surface area contributed by atoms with Crippen LogP contribution in [0.1, 0.15) is 61.2 Å². The van der Waals surface area contributed by atoms with Gasteiger partial charge in [-0.3, -0.25) is 14.4 Å². The average Bonchev–Trinajstić information content (AvgIpc) is 3.12. The number of aromatic nitrogens is 4. The van der Waals surface area contributed by atoms with E-state index in [9.17, 15) is 4.79 Å². The highest BCUT2D eigenvalue weighted by atomic mass is 16.1. The molecule has 2 aliphatic heterocycles. The summed E-state index contributed by atoms with van der Waals surface area (Å²) in [6.07, 6.45) is 10.5. The van der Waals surface area contributed by atoms with Crippen molar-refractivity contribution in [2.45, 2.75) is 77.4 Å². The fourth-order valence-electron chi connectivity index (χ4n) is 5.09. The van der Waals surface area contributed by atoms with E-state index in [1.807, 2.05) is 6.07 Å². The summed E-state index contributed by atoms with van der Waals surface area (Å²) in [5, 5.41) is 9.51. The van der Waals surface area contributed by atoms with Gasteiger partial charge in [0.25, 0.3) is 5.56 Å². The van der Waals surface area contributed by atoms with Crippen LogP contribution in [0.2, 0.25) is 0 Å². The molecule has 1 fully saturated rings. The third-order valence-corrected chi connectivity index (χ3v) is 6.76. The maximum Gasteiger partial charge on any atom is 0.267 e. The Morgan fingerprint density at radius 2 is 1.75 bits per heavy atom. The second-order valence-corrected chi connectivity index (χ2v) is 8.87. The number of likely N-dealkylation sites (tertiary alicyclic amines) is 1. The zero-order valence-corrected chi connectivity index (χ0v) is 16.8. The van der Waals surface area contributed by atoms with E-state index in [0.29, 0.717) is 5.92 Å². The minimum absolute atomic E-state index is 0.0895. The number of piperidine rings is 1. The van der Waals surface area contributed by atoms with Crippen molar-refractivity contribution >= 4 is 0 Å². The first-order valence-electron chi connectivity index (χ1n) is 11.1. The molecular formula is C22H31N5O. The van der Waals surface area contributed by atoms with E-state index in [1.54, 1.807) is 4.68 Å². The fraction of sp³-hybridized carbons (Fsp3) is 0.682. The Morgan fingerprint density at radius 1 is 0.929 bits per heavy atom. The number of hydrogen-bond acceptors (Lipinski definition) is 4. The summed E-state index contributed by atoms with van der Waals surface area (Å²) < 4.78 is 3.95. The first kappa shape index (κ1) is 18.1. The van der Waals surface area contributed by atoms with Crippen LogP contribution < -0.4 is 5.56 Å². The molecule has 0 amide bonds. The van der Waals surface area contributed by atoms with E-state index in [1.165, 1.54) is 49.1 Å². The fourth-order valence-corrected chi connectivity index (χ4v) is 5.09. The molecule has 0 bridgehead atoms. The molecule has 6 nitrogen and oxygen atoms in total. The molecule has 0 N–H and O–H groups in total. The molecule has 28 heavy (non-hydrogen) atoms. The number of aryl methyl sites for hydroxylation is 4. The Balaban J connectivity index is 1.17. The van der Waals surface area contributed by atoms with Gasteiger partial charge in [-0.25, -0.2) is 4.68 Å². The number of nitrogens with zero attached hydrogens (tertiary/aromatic N) is 5. The maximum absolute atomic E-state index is 12.4. The van der Waals surface area contributed by atoms with Gasteiger partial charge in [0.2, 0.25) is 0 Å². The van der Waals surface area contributed by atoms with E-state index in [2.05, 4.69) is 15.6 Å². The summed E-state index contributed by atoms with van der Waals surface area (Å²) in [5.41, 5.74) is 5.07. The predicted octanol–water partition coefficient (Wildman–Crippen LogP) is 2.57. The molecule has 5 rings (SSSR count). The van der Waals surface area contributed by atoms with Crippen LogP contribution >= 0.6 is 0 Å². The van der Waals surface area contributed by atoms with Gasteiger partial charge in [-0.1, -0.05) is 0 Å². The summed E-state index contributed by atoms with van der Waals surface area (Å²) in [4.78, 5) is 15.0. The summed E-state index contributed by atoms with van der Waals surface area (Å²) in [7, 11) is 0. The van der Waals surface area contributed by atoms with Crippen molar-refractivity contribution in [2.24, 2.45) is 5.92 Å². The van der Waals surface area contributed by atoms with Gasteiger partial charge >= 0.3 is 0 Å². The summed E-state index contributed by atoms with van der Waals surface area (Å²) in [5.74, 6) is 0.554. The lowest BCUT2D eigenvalue weighted by Gasteiger charge is -2.31. The third kappa shape index (κ3) is 3.79. The van der Waals surface area contributed by atoms with Crippen molar-refractivity contribution in [3.05, 3.63) is 45.1 Å². The van der Waals surface area contributed by atoms with Gasteiger partial charge in [-0.2, -0.15) is 10.2 Å². The molecular weight excluding hydrogens is 350 g/mol. The van der Waals surface area contributed by atoms with Crippen LogP contribution in [0.3, 0.4) is 0 Å². The molecule has 2 aromatic rings. The van der Waals surface area contributed by atoms with E-state index < -0.39 is 0 Å². The van der Waals surface area contributed by atoms with Crippen LogP contribution in [-0.4, -0.2) is 37.6 Å². The molecule has 0 radical (unpaired) electrons. The number of fused-ring (bicyclic) bond motifs is 2. The monoisotopic (exact) mass is 381 g/mol. The lowest BCUT2D eigenvalue weighted by atomic mass is 9.95. The maximum atomic E-state index is 12.4. The molecule has 6 heteroatoms. The molecule has 2 aromatic heterocycles. The highest BCUT2D eigenvalue weighted by Gasteiger charge is 2.23. The van der Waals surface area contributed by atoms with Crippen LogP contribution in [-0.2, 0) is 38.9 Å². The van der Waals surface area contributed by atoms with Gasteiger partial charge < -0.3 is 0 Å². The lowest BCUT2D eigenvalue weighted by Crippen LogP contribution is -2.37. The molecule has 1 aliphatic carbocycles. The van der Waals surface area contributed by atoms with E-state index in [-0.39, 0.29) is 5.56 Å². The van der Waals surface area contributed by atoms with Gasteiger partial charge in [0.05, 0.1) is 11.4 Å². The second-order valence-electron chi connectivity index (χ2n) is 8.87. The normalized spacial score (nSPS) is 20.7. The molecule has 3 aliphatic rings. The Morgan fingerprint density at radius 3 is 2.61 bits per heavy atom. The zero-order chi connectivity index (χ0) is 18.9. The van der Waals surface area contributed by atoms with Crippen LogP contribution in [0.4, 0.5) is 0 Å². The van der Waals surface area contributed by atoms with Crippen LogP contribution in [0.15, 0.2) is 16.9 Å². The molecule has 4 heterocycles. The Hall–Kier alpha value is -1.95. The van der Waals surface area contributed by atoms with Crippen LogP contribution in [0.25, 0.3) is 0 Å². The van der Waals surface area contributed by atoms with Gasteiger partial charge in [0.15, 0.2) is 0 Å². The summed E-state index contributed by atoms with van der Waals surface area (Å²) in [6, 6.07) is 4.15. The van der Waals surface area contributed by atoms with Gasteiger partial charge in [-0.15, -0.1) is 0 Å². The molecule has 0 saturated carbocycles. The minimum atomic E-state index is 0.0895. The minimum Gasteiger partial charge on any atom is -0.297 e. The lowest BCUT2D eigenvalue weighted by molar-refractivity contribution is 0.161. The van der Waals surface area contributed by atoms with Gasteiger partial charge in [-0.05, 0) is 88.4 Å². The highest BCUT2D eigenvalue weighted by molar-refractivity contribution is 5.20. The standard InChI is InChI=1S/C22H31N5O/c28-22-13-18-5-1-2-7-21(18)24-27(22)15-17-8-11-25(12-9-17)16-19-14-20-6-3-4-10-26(20)23-19/h13-14,17H,1-12,15-16H2. The quantitative estimate of drug-likeness (QED) is 0.817. The highest BCUT2D eigenvalue weighted by Crippen LogP contribution is 2.22. The van der Waals surface area contributed by atoms with Gasteiger partial charge in [0, 0.05) is 31.4 Å². The van der Waals surface area contributed by atoms with Gasteiger partial charge in [0.1, 0.15) is 0 Å². The largest absolute Gasteiger partial charge is 0.297 e. The second kappa shape index (κ2) is 7.82. The van der Waals surface area contributed by atoms with E-state index in [4.69, 9.17) is 10.2 Å². The van der Waals surface area contributed by atoms with Crippen molar-refractivity contribution in [2.75, 3.05) is 13.1 Å². The van der Waals surface area contributed by atoms with Crippen molar-refractivity contribution in [3.8, 4) is 0 Å². The summed E-state index contributed by atoms with van der Waals surface area (Å²) >= 11 is 0. The number of hydrogen-bond donors (Lipinski definition) is 0. The predicted molar refractivity (Wildman–Crippen MR) is 108 cm³/mol. The first-order valence-corrected chi connectivity index (χ1v) is 11.1. The van der Waals surface area contributed by atoms with Crippen molar-refractivity contribution < 1.29 is 0 Å². The van der Waals surface area contributed by atoms with Crippen LogP contribution in [0.5, 0.6) is 0 Å². The molecule has 0 spiro atoms. The molecule has 1 saturated heterocycles. The van der Waals surface area contributed by atoms with E-state index >= 15 is 0 Å². The topological polar surface area (TPSA) is 56.0 Å². The van der Waals surface area contributed by atoms with Crippen LogP contribution in [0, 0.1) is 5.92 Å². The Bertz CT molecular complexity index is 867. The van der Waals surface area contributed by atoms with Crippen molar-refractivity contribution in [3.63, 3.8) is 0 Å². The average molecular weight is 382 g/mol. The van der Waals surface area contributed by atoms with Crippen molar-refractivity contribution in [1.82, 2.24) is 24.5 Å². The third-order valence-electron chi connectivity index (χ3n) is 6.76. The SMILES string of the molecule is O=c1cc2c(nn1CC1CCN(Cc3cc4n(n3)CCCC4)CC1)CCCC2.